The summed E-state index contributed by atoms with van der Waals surface area (Å²) in [6.45, 7) is 8.75. The number of benzene rings is 5. The van der Waals surface area contributed by atoms with Crippen LogP contribution < -0.4 is 14.8 Å². The molecule has 2 unspecified atom stereocenters. The summed E-state index contributed by atoms with van der Waals surface area (Å²) in [5, 5.41) is 2.90. The number of carbonyl (C=O) groups excluding carboxylic acids is 2. The van der Waals surface area contributed by atoms with E-state index in [1.807, 2.05) is 86.0 Å². The molecule has 3 heterocycles. The first-order valence-electron chi connectivity index (χ1n) is 20.2. The SMILES string of the molecule is CC1CN(C(c2ccccc2)(c2ccccc2)c2ccccc2)CC(n2cnc3c(OCc4ccc(OC(=O)C(C)(C)C)cc4)nc(NC(=O)Cc4ccccc4)nc32)O1. The summed E-state index contributed by atoms with van der Waals surface area (Å²) < 4.78 is 20.6. The van der Waals surface area contributed by atoms with Crippen LogP contribution in [-0.2, 0) is 32.9 Å². The number of nitrogens with zero attached hydrogens (tertiary/aromatic N) is 5. The van der Waals surface area contributed by atoms with Crippen molar-refractivity contribution in [3.8, 4) is 11.6 Å². The maximum absolute atomic E-state index is 13.4. The molecule has 1 aliphatic heterocycles. The molecule has 0 bridgehead atoms. The van der Waals surface area contributed by atoms with E-state index in [0.717, 1.165) is 27.8 Å². The molecule has 8 rings (SSSR count). The smallest absolute Gasteiger partial charge is 0.316 e. The third-order valence-electron chi connectivity index (χ3n) is 10.6. The van der Waals surface area contributed by atoms with Crippen molar-refractivity contribution in [3.63, 3.8) is 0 Å². The molecule has 7 aromatic rings. The molecular formula is C49H48N6O5. The van der Waals surface area contributed by atoms with Gasteiger partial charge >= 0.3 is 5.97 Å². The van der Waals surface area contributed by atoms with Gasteiger partial charge in [-0.05, 0) is 67.6 Å². The second-order valence-electron chi connectivity index (χ2n) is 16.1. The standard InChI is InChI=1S/C49H48N6O5/c1-34-30-54(49(37-19-11-6-12-20-37,38-21-13-7-14-22-38)39-23-15-8-16-24-39)31-42(59-34)55-33-50-43-44(55)52-47(51-41(56)29-35-17-9-5-10-18-35)53-45(43)58-32-36-25-27-40(28-26-36)60-46(57)48(2,3)4/h5-28,33-34,42H,29-32H2,1-4H3,(H,51,52,53,56). The number of amides is 1. The van der Waals surface area contributed by atoms with E-state index in [9.17, 15) is 9.59 Å². The van der Waals surface area contributed by atoms with Gasteiger partial charge < -0.3 is 14.2 Å². The van der Waals surface area contributed by atoms with Crippen molar-refractivity contribution >= 4 is 29.0 Å². The molecule has 304 valence electrons. The monoisotopic (exact) mass is 800 g/mol. The highest BCUT2D eigenvalue weighted by Gasteiger charge is 2.46. The summed E-state index contributed by atoms with van der Waals surface area (Å²) in [6, 6.07) is 48.4. The molecule has 0 radical (unpaired) electrons. The predicted molar refractivity (Wildman–Crippen MR) is 230 cm³/mol. The summed E-state index contributed by atoms with van der Waals surface area (Å²) in [5.74, 6) is 0.127. The van der Waals surface area contributed by atoms with E-state index in [2.05, 4.69) is 94.9 Å². The maximum Gasteiger partial charge on any atom is 0.316 e. The van der Waals surface area contributed by atoms with Gasteiger partial charge in [-0.15, -0.1) is 0 Å². The Morgan fingerprint density at radius 2 is 1.30 bits per heavy atom. The third kappa shape index (κ3) is 8.54. The van der Waals surface area contributed by atoms with Crippen LogP contribution >= 0.6 is 0 Å². The summed E-state index contributed by atoms with van der Waals surface area (Å²) in [5.41, 5.74) is 4.63. The first-order chi connectivity index (χ1) is 29.1. The highest BCUT2D eigenvalue weighted by molar-refractivity contribution is 5.91. The number of hydrogen-bond donors (Lipinski definition) is 1. The van der Waals surface area contributed by atoms with E-state index in [1.54, 1.807) is 18.5 Å². The minimum Gasteiger partial charge on any atom is -0.471 e. The van der Waals surface area contributed by atoms with E-state index < -0.39 is 17.2 Å². The lowest BCUT2D eigenvalue weighted by atomic mass is 9.75. The second-order valence-corrected chi connectivity index (χ2v) is 16.1. The van der Waals surface area contributed by atoms with E-state index in [1.165, 1.54) is 0 Å². The maximum atomic E-state index is 13.4. The molecule has 5 aromatic carbocycles. The van der Waals surface area contributed by atoms with Gasteiger partial charge in [-0.1, -0.05) is 133 Å². The van der Waals surface area contributed by atoms with Crippen LogP contribution in [0.5, 0.6) is 11.6 Å². The number of anilines is 1. The van der Waals surface area contributed by atoms with Crippen LogP contribution in [0.1, 0.15) is 61.7 Å². The van der Waals surface area contributed by atoms with Crippen molar-refractivity contribution in [2.75, 3.05) is 18.4 Å². The lowest BCUT2D eigenvalue weighted by molar-refractivity contribution is -0.143. The summed E-state index contributed by atoms with van der Waals surface area (Å²) >= 11 is 0. The van der Waals surface area contributed by atoms with Gasteiger partial charge in [-0.2, -0.15) is 9.97 Å². The van der Waals surface area contributed by atoms with Crippen molar-refractivity contribution in [1.29, 1.82) is 0 Å². The van der Waals surface area contributed by atoms with Gasteiger partial charge in [0.15, 0.2) is 11.2 Å². The number of morpholine rings is 1. The Kier molecular flexibility index (Phi) is 11.5. The van der Waals surface area contributed by atoms with E-state index in [0.29, 0.717) is 30.0 Å². The number of aromatic nitrogens is 4. The minimum atomic E-state index is -0.670. The molecule has 0 saturated carbocycles. The molecule has 60 heavy (non-hydrogen) atoms. The number of imidazole rings is 1. The van der Waals surface area contributed by atoms with Crippen LogP contribution in [-0.4, -0.2) is 55.5 Å². The van der Waals surface area contributed by atoms with Crippen molar-refractivity contribution < 1.29 is 23.8 Å². The Morgan fingerprint density at radius 3 is 1.87 bits per heavy atom. The van der Waals surface area contributed by atoms with Gasteiger partial charge in [-0.3, -0.25) is 24.4 Å². The van der Waals surface area contributed by atoms with Gasteiger partial charge in [0.05, 0.1) is 29.8 Å². The Morgan fingerprint density at radius 1 is 0.733 bits per heavy atom. The van der Waals surface area contributed by atoms with Crippen molar-refractivity contribution in [2.45, 2.75) is 58.6 Å². The van der Waals surface area contributed by atoms with Crippen LogP contribution in [0, 0.1) is 5.41 Å². The molecule has 1 saturated heterocycles. The van der Waals surface area contributed by atoms with Gasteiger partial charge in [0.2, 0.25) is 17.7 Å². The van der Waals surface area contributed by atoms with Gasteiger partial charge in [0, 0.05) is 13.1 Å². The fourth-order valence-electron chi connectivity index (χ4n) is 7.71. The van der Waals surface area contributed by atoms with Crippen LogP contribution in [0.3, 0.4) is 0 Å². The predicted octanol–water partition coefficient (Wildman–Crippen LogP) is 8.75. The molecule has 0 aliphatic carbocycles. The van der Waals surface area contributed by atoms with E-state index in [4.69, 9.17) is 24.2 Å². The van der Waals surface area contributed by atoms with Crippen LogP contribution in [0.2, 0.25) is 0 Å². The molecule has 1 amide bonds. The molecule has 2 aromatic heterocycles. The summed E-state index contributed by atoms with van der Waals surface area (Å²) in [6.07, 6.45) is 1.12. The summed E-state index contributed by atoms with van der Waals surface area (Å²) in [4.78, 5) is 42.7. The van der Waals surface area contributed by atoms with Crippen molar-refractivity contribution in [2.24, 2.45) is 5.41 Å². The topological polar surface area (TPSA) is 121 Å². The fourth-order valence-corrected chi connectivity index (χ4v) is 7.71. The van der Waals surface area contributed by atoms with Crippen molar-refractivity contribution in [3.05, 3.63) is 180 Å². The molecule has 1 aliphatic rings. The fraction of sp³-hybridized carbons (Fsp3) is 0.245. The second kappa shape index (κ2) is 17.3. The molecule has 1 fully saturated rings. The van der Waals surface area contributed by atoms with E-state index in [-0.39, 0.29) is 42.8 Å². The van der Waals surface area contributed by atoms with Gasteiger partial charge in [-0.25, -0.2) is 4.98 Å². The van der Waals surface area contributed by atoms with Crippen LogP contribution in [0.25, 0.3) is 11.2 Å². The summed E-state index contributed by atoms with van der Waals surface area (Å²) in [7, 11) is 0. The van der Waals surface area contributed by atoms with Crippen LogP contribution in [0.15, 0.2) is 152 Å². The van der Waals surface area contributed by atoms with Crippen LogP contribution in [0.4, 0.5) is 5.95 Å². The van der Waals surface area contributed by atoms with Crippen molar-refractivity contribution in [1.82, 2.24) is 24.4 Å². The lowest BCUT2D eigenvalue weighted by Crippen LogP contribution is -2.56. The zero-order valence-corrected chi connectivity index (χ0v) is 34.2. The Labute approximate surface area is 350 Å². The quantitative estimate of drug-likeness (QED) is 0.0735. The lowest BCUT2D eigenvalue weighted by Gasteiger charge is -2.50. The first kappa shape index (κ1) is 40.1. The van der Waals surface area contributed by atoms with Gasteiger partial charge in [0.1, 0.15) is 18.6 Å². The zero-order valence-electron chi connectivity index (χ0n) is 34.2. The zero-order chi connectivity index (χ0) is 41.7. The molecule has 11 heteroatoms. The molecular weight excluding hydrogens is 753 g/mol. The van der Waals surface area contributed by atoms with E-state index >= 15 is 0 Å². The Hall–Kier alpha value is -6.69. The minimum absolute atomic E-state index is 0.0811. The molecule has 1 N–H and O–H groups in total. The number of ether oxygens (including phenoxy) is 3. The molecule has 2 atom stereocenters. The Bertz CT molecular complexity index is 2450. The van der Waals surface area contributed by atoms with Gasteiger partial charge in [0.25, 0.3) is 0 Å². The molecule has 11 nitrogen and oxygen atoms in total. The number of fused-ring (bicyclic) bond motifs is 1. The highest BCUT2D eigenvalue weighted by Crippen LogP contribution is 2.45. The number of esters is 1. The average molecular weight is 801 g/mol. The highest BCUT2D eigenvalue weighted by atomic mass is 16.5. The largest absolute Gasteiger partial charge is 0.471 e. The number of carbonyl (C=O) groups is 2. The first-order valence-corrected chi connectivity index (χ1v) is 20.2. The normalized spacial score (nSPS) is 16.0. The Balaban J connectivity index is 1.16. The number of nitrogens with one attached hydrogen (secondary N) is 1. The number of rotatable bonds is 12. The third-order valence-corrected chi connectivity index (χ3v) is 10.6. The average Bonchev–Trinajstić information content (AvgIpc) is 3.69. The molecule has 0 spiro atoms. The number of hydrogen-bond acceptors (Lipinski definition) is 9.